The number of nitrogens with zero attached hydrogens (tertiary/aromatic N) is 2. The number of ether oxygens (including phenoxy) is 1. The molecule has 1 aromatic heterocycles. The van der Waals surface area contributed by atoms with Crippen LogP contribution in [0.1, 0.15) is 16.1 Å². The number of halogens is 2. The Morgan fingerprint density at radius 3 is 2.67 bits per heavy atom. The first-order chi connectivity index (χ1) is 13.0. The van der Waals surface area contributed by atoms with E-state index in [-0.39, 0.29) is 29.2 Å². The number of carbonyl (C=O) groups is 1. The van der Waals surface area contributed by atoms with Gasteiger partial charge in [0.1, 0.15) is 5.82 Å². The van der Waals surface area contributed by atoms with Crippen LogP contribution in [0.2, 0.25) is 5.02 Å². The summed E-state index contributed by atoms with van der Waals surface area (Å²) in [5.74, 6) is -1.36. The van der Waals surface area contributed by atoms with Crippen molar-refractivity contribution in [1.82, 2.24) is 15.1 Å². The molecule has 3 aromatic rings. The first-order valence-electron chi connectivity index (χ1n) is 8.23. The lowest BCUT2D eigenvalue weighted by Gasteiger charge is -2.12. The van der Waals surface area contributed by atoms with Gasteiger partial charge in [-0.25, -0.2) is 9.07 Å². The van der Waals surface area contributed by atoms with Crippen molar-refractivity contribution in [2.75, 3.05) is 13.7 Å². The van der Waals surface area contributed by atoms with Gasteiger partial charge in [-0.2, -0.15) is 5.10 Å². The molecule has 0 aliphatic rings. The molecule has 0 unspecified atom stereocenters. The topological polar surface area (TPSA) is 73.2 Å². The van der Waals surface area contributed by atoms with Crippen LogP contribution in [0.15, 0.2) is 47.3 Å². The van der Waals surface area contributed by atoms with E-state index in [9.17, 15) is 14.0 Å². The third-order valence-corrected chi connectivity index (χ3v) is 4.37. The van der Waals surface area contributed by atoms with E-state index in [1.165, 1.54) is 30.0 Å². The summed E-state index contributed by atoms with van der Waals surface area (Å²) in [7, 11) is 1.53. The van der Waals surface area contributed by atoms with Crippen LogP contribution in [0.4, 0.5) is 4.39 Å². The number of fused-ring (bicyclic) bond motifs is 1. The minimum Gasteiger partial charge on any atom is -0.383 e. The van der Waals surface area contributed by atoms with E-state index in [2.05, 4.69) is 10.4 Å². The number of rotatable bonds is 6. The summed E-state index contributed by atoms with van der Waals surface area (Å²) in [6.07, 6.45) is 0. The molecule has 1 N–H and O–H groups in total. The van der Waals surface area contributed by atoms with Gasteiger partial charge in [0.15, 0.2) is 0 Å². The number of hydrogen-bond acceptors (Lipinski definition) is 4. The average Bonchev–Trinajstić information content (AvgIpc) is 2.66. The predicted octanol–water partition coefficient (Wildman–Crippen LogP) is 2.77. The second kappa shape index (κ2) is 8.28. The molecule has 8 heteroatoms. The zero-order valence-corrected chi connectivity index (χ0v) is 15.3. The Bertz CT molecular complexity index is 1030. The van der Waals surface area contributed by atoms with Gasteiger partial charge in [0.2, 0.25) is 0 Å². The lowest BCUT2D eigenvalue weighted by atomic mass is 10.1. The average molecular weight is 390 g/mol. The van der Waals surface area contributed by atoms with Gasteiger partial charge in [-0.3, -0.25) is 9.59 Å². The van der Waals surface area contributed by atoms with Crippen LogP contribution in [0, 0.1) is 5.82 Å². The molecule has 3 rings (SSSR count). The summed E-state index contributed by atoms with van der Waals surface area (Å²) in [5, 5.41) is 8.08. The largest absolute Gasteiger partial charge is 0.383 e. The molecule has 0 atom stereocenters. The molecule has 140 valence electrons. The summed E-state index contributed by atoms with van der Waals surface area (Å²) < 4.78 is 20.2. The van der Waals surface area contributed by atoms with Gasteiger partial charge in [0, 0.05) is 12.5 Å². The highest BCUT2D eigenvalue weighted by atomic mass is 35.5. The van der Waals surface area contributed by atoms with Crippen molar-refractivity contribution in [3.8, 4) is 0 Å². The van der Waals surface area contributed by atoms with E-state index in [4.69, 9.17) is 16.3 Å². The number of methoxy groups -OCH3 is 1. The maximum Gasteiger partial charge on any atom is 0.274 e. The lowest BCUT2D eigenvalue weighted by Crippen LogP contribution is -2.30. The first kappa shape index (κ1) is 19.0. The Labute approximate surface area is 159 Å². The SMILES string of the molecule is COCCn1nc(CNC(=O)c2c(F)cccc2Cl)c2ccccc2c1=O. The zero-order chi connectivity index (χ0) is 19.4. The molecule has 0 aliphatic carbocycles. The third-order valence-electron chi connectivity index (χ3n) is 4.06. The van der Waals surface area contributed by atoms with Crippen LogP contribution in [0.25, 0.3) is 10.8 Å². The van der Waals surface area contributed by atoms with E-state index in [1.807, 2.05) is 0 Å². The Kier molecular flexibility index (Phi) is 5.83. The van der Waals surface area contributed by atoms with Gasteiger partial charge in [0.05, 0.1) is 41.4 Å². The summed E-state index contributed by atoms with van der Waals surface area (Å²) in [4.78, 5) is 24.9. The van der Waals surface area contributed by atoms with Crippen LogP contribution in [-0.2, 0) is 17.8 Å². The molecule has 6 nitrogen and oxygen atoms in total. The molecular formula is C19H17ClFN3O3. The minimum atomic E-state index is -0.706. The number of amides is 1. The van der Waals surface area contributed by atoms with Crippen molar-refractivity contribution in [3.05, 3.63) is 74.9 Å². The van der Waals surface area contributed by atoms with E-state index in [1.54, 1.807) is 24.3 Å². The van der Waals surface area contributed by atoms with Crippen LogP contribution >= 0.6 is 11.6 Å². The van der Waals surface area contributed by atoms with Gasteiger partial charge in [-0.05, 0) is 18.2 Å². The summed E-state index contributed by atoms with van der Waals surface area (Å²) in [6, 6.07) is 11.0. The van der Waals surface area contributed by atoms with Crippen LogP contribution < -0.4 is 10.9 Å². The van der Waals surface area contributed by atoms with Crippen molar-refractivity contribution < 1.29 is 13.9 Å². The predicted molar refractivity (Wildman–Crippen MR) is 100 cm³/mol. The van der Waals surface area contributed by atoms with E-state index >= 15 is 0 Å². The van der Waals surface area contributed by atoms with Crippen molar-refractivity contribution >= 4 is 28.3 Å². The molecule has 1 amide bonds. The summed E-state index contributed by atoms with van der Waals surface area (Å²) in [6.45, 7) is 0.611. The highest BCUT2D eigenvalue weighted by Gasteiger charge is 2.17. The molecule has 0 saturated carbocycles. The molecule has 0 radical (unpaired) electrons. The lowest BCUT2D eigenvalue weighted by molar-refractivity contribution is 0.0946. The molecular weight excluding hydrogens is 373 g/mol. The standard InChI is InChI=1S/C19H17ClFN3O3/c1-27-10-9-24-19(26)13-6-3-2-5-12(13)16(23-24)11-22-18(25)17-14(20)7-4-8-15(17)21/h2-8H,9-11H2,1H3,(H,22,25). The number of aromatic nitrogens is 2. The molecule has 1 heterocycles. The monoisotopic (exact) mass is 389 g/mol. The Hall–Kier alpha value is -2.77. The van der Waals surface area contributed by atoms with Crippen molar-refractivity contribution in [2.45, 2.75) is 13.1 Å². The molecule has 0 fully saturated rings. The fraction of sp³-hybridized carbons (Fsp3) is 0.211. The maximum absolute atomic E-state index is 13.9. The van der Waals surface area contributed by atoms with Gasteiger partial charge >= 0.3 is 0 Å². The molecule has 0 spiro atoms. The third kappa shape index (κ3) is 3.99. The first-order valence-corrected chi connectivity index (χ1v) is 8.60. The minimum absolute atomic E-state index is 0.0112. The van der Waals surface area contributed by atoms with Crippen molar-refractivity contribution in [1.29, 1.82) is 0 Å². The Morgan fingerprint density at radius 2 is 1.96 bits per heavy atom. The van der Waals surface area contributed by atoms with Gasteiger partial charge in [-0.15, -0.1) is 0 Å². The van der Waals surface area contributed by atoms with Gasteiger partial charge < -0.3 is 10.1 Å². The number of carbonyl (C=O) groups excluding carboxylic acids is 1. The van der Waals surface area contributed by atoms with E-state index < -0.39 is 11.7 Å². The molecule has 27 heavy (non-hydrogen) atoms. The van der Waals surface area contributed by atoms with E-state index in [0.29, 0.717) is 23.1 Å². The summed E-state index contributed by atoms with van der Waals surface area (Å²) >= 11 is 5.93. The molecule has 0 aliphatic heterocycles. The van der Waals surface area contributed by atoms with Gasteiger partial charge in [-0.1, -0.05) is 35.9 Å². The normalized spacial score (nSPS) is 10.9. The second-order valence-electron chi connectivity index (χ2n) is 5.79. The van der Waals surface area contributed by atoms with Gasteiger partial charge in [0.25, 0.3) is 11.5 Å². The quantitative estimate of drug-likeness (QED) is 0.703. The van der Waals surface area contributed by atoms with E-state index in [0.717, 1.165) is 0 Å². The zero-order valence-electron chi connectivity index (χ0n) is 14.5. The number of nitrogens with one attached hydrogen (secondary N) is 1. The Morgan fingerprint density at radius 1 is 1.22 bits per heavy atom. The Balaban J connectivity index is 1.93. The van der Waals surface area contributed by atoms with Crippen LogP contribution in [0.5, 0.6) is 0 Å². The fourth-order valence-electron chi connectivity index (χ4n) is 2.73. The maximum atomic E-state index is 13.9. The number of hydrogen-bond donors (Lipinski definition) is 1. The van der Waals surface area contributed by atoms with Crippen LogP contribution in [-0.4, -0.2) is 29.4 Å². The van der Waals surface area contributed by atoms with Crippen LogP contribution in [0.3, 0.4) is 0 Å². The van der Waals surface area contributed by atoms with Crippen molar-refractivity contribution in [3.63, 3.8) is 0 Å². The molecule has 2 aromatic carbocycles. The smallest absolute Gasteiger partial charge is 0.274 e. The van der Waals surface area contributed by atoms with Crippen molar-refractivity contribution in [2.24, 2.45) is 0 Å². The molecule has 0 saturated heterocycles. The fourth-order valence-corrected chi connectivity index (χ4v) is 2.98. The highest BCUT2D eigenvalue weighted by molar-refractivity contribution is 6.33. The molecule has 0 bridgehead atoms. The second-order valence-corrected chi connectivity index (χ2v) is 6.20. The summed E-state index contributed by atoms with van der Waals surface area (Å²) in [5.41, 5.74) is 0.0215. The highest BCUT2D eigenvalue weighted by Crippen LogP contribution is 2.19. The number of benzene rings is 2.